The summed E-state index contributed by atoms with van der Waals surface area (Å²) in [5.74, 6) is 0.837. The second kappa shape index (κ2) is 5.73. The normalized spacial score (nSPS) is 13.1. The predicted octanol–water partition coefficient (Wildman–Crippen LogP) is 1.42. The van der Waals surface area contributed by atoms with Gasteiger partial charge in [-0.2, -0.15) is 0 Å². The van der Waals surface area contributed by atoms with E-state index in [2.05, 4.69) is 18.9 Å². The van der Waals surface area contributed by atoms with Crippen LogP contribution in [-0.2, 0) is 6.54 Å². The molecule has 0 aliphatic rings. The van der Waals surface area contributed by atoms with E-state index >= 15 is 0 Å². The topological polar surface area (TPSA) is 49.5 Å². The van der Waals surface area contributed by atoms with Crippen LogP contribution >= 0.6 is 0 Å². The lowest BCUT2D eigenvalue weighted by atomic mass is 10.1. The van der Waals surface area contributed by atoms with E-state index < -0.39 is 0 Å². The monoisotopic (exact) mass is 208 g/mol. The summed E-state index contributed by atoms with van der Waals surface area (Å²) in [5, 5.41) is 9.14. The van der Waals surface area contributed by atoms with Crippen LogP contribution < -0.4 is 5.73 Å². The van der Waals surface area contributed by atoms with Gasteiger partial charge in [-0.1, -0.05) is 19.1 Å². The Labute approximate surface area is 91.5 Å². The molecule has 1 atom stereocenters. The zero-order valence-electron chi connectivity index (χ0n) is 9.48. The molecule has 0 saturated carbocycles. The first-order chi connectivity index (χ1) is 7.11. The summed E-state index contributed by atoms with van der Waals surface area (Å²) < 4.78 is 0. The number of hydrogen-bond acceptors (Lipinski definition) is 3. The lowest BCUT2D eigenvalue weighted by molar-refractivity contribution is 0.282. The molecule has 0 amide bonds. The Bertz CT molecular complexity index is 284. The van der Waals surface area contributed by atoms with Crippen LogP contribution in [0.25, 0.3) is 0 Å². The van der Waals surface area contributed by atoms with Crippen molar-refractivity contribution in [3.63, 3.8) is 0 Å². The van der Waals surface area contributed by atoms with Crippen molar-refractivity contribution in [3.8, 4) is 5.75 Å². The molecule has 0 aliphatic heterocycles. The Balaban J connectivity index is 2.44. The van der Waals surface area contributed by atoms with Crippen molar-refractivity contribution in [3.05, 3.63) is 29.8 Å². The first-order valence-corrected chi connectivity index (χ1v) is 5.28. The highest BCUT2D eigenvalue weighted by Gasteiger charge is 2.05. The third-order valence-corrected chi connectivity index (χ3v) is 2.41. The van der Waals surface area contributed by atoms with Crippen molar-refractivity contribution >= 4 is 0 Å². The van der Waals surface area contributed by atoms with E-state index in [1.165, 1.54) is 5.56 Å². The van der Waals surface area contributed by atoms with Crippen LogP contribution in [0, 0.1) is 5.92 Å². The van der Waals surface area contributed by atoms with Crippen LogP contribution in [-0.4, -0.2) is 30.1 Å². The van der Waals surface area contributed by atoms with Gasteiger partial charge in [0.25, 0.3) is 0 Å². The molecule has 0 saturated heterocycles. The first-order valence-electron chi connectivity index (χ1n) is 5.28. The summed E-state index contributed by atoms with van der Waals surface area (Å²) in [6, 6.07) is 7.32. The number of benzene rings is 1. The molecular weight excluding hydrogens is 188 g/mol. The summed E-state index contributed by atoms with van der Waals surface area (Å²) in [6.45, 7) is 4.76. The molecule has 1 aromatic rings. The molecule has 3 N–H and O–H groups in total. The van der Waals surface area contributed by atoms with E-state index in [4.69, 9.17) is 10.8 Å². The van der Waals surface area contributed by atoms with Crippen molar-refractivity contribution in [1.82, 2.24) is 4.90 Å². The number of phenolic OH excluding ortho intramolecular Hbond substituents is 1. The molecule has 3 nitrogen and oxygen atoms in total. The summed E-state index contributed by atoms with van der Waals surface area (Å²) in [4.78, 5) is 2.24. The van der Waals surface area contributed by atoms with Crippen LogP contribution in [0.5, 0.6) is 5.75 Å². The highest BCUT2D eigenvalue weighted by molar-refractivity contribution is 5.25. The molecular formula is C12H20N2O. The van der Waals surface area contributed by atoms with Crippen molar-refractivity contribution in [1.29, 1.82) is 0 Å². The minimum atomic E-state index is 0.316. The van der Waals surface area contributed by atoms with Gasteiger partial charge in [0.1, 0.15) is 5.75 Å². The molecule has 0 aromatic heterocycles. The Kier molecular flexibility index (Phi) is 4.59. The molecule has 0 spiro atoms. The largest absolute Gasteiger partial charge is 0.508 e. The number of nitrogens with zero attached hydrogens (tertiary/aromatic N) is 1. The van der Waals surface area contributed by atoms with Crippen LogP contribution in [0.3, 0.4) is 0 Å². The molecule has 84 valence electrons. The van der Waals surface area contributed by atoms with E-state index in [0.29, 0.717) is 11.7 Å². The molecule has 15 heavy (non-hydrogen) atoms. The smallest absolute Gasteiger partial charge is 0.115 e. The summed E-state index contributed by atoms with van der Waals surface area (Å²) in [6.07, 6.45) is 0. The Morgan fingerprint density at radius 1 is 1.33 bits per heavy atom. The lowest BCUT2D eigenvalue weighted by Crippen LogP contribution is -2.27. The number of hydrogen-bond donors (Lipinski definition) is 2. The fourth-order valence-corrected chi connectivity index (χ4v) is 1.58. The maximum Gasteiger partial charge on any atom is 0.115 e. The molecule has 0 heterocycles. The van der Waals surface area contributed by atoms with Gasteiger partial charge < -0.3 is 15.7 Å². The molecule has 0 bridgehead atoms. The Morgan fingerprint density at radius 2 is 1.93 bits per heavy atom. The minimum Gasteiger partial charge on any atom is -0.508 e. The second-order valence-electron chi connectivity index (χ2n) is 4.20. The van der Waals surface area contributed by atoms with Crippen LogP contribution in [0.1, 0.15) is 12.5 Å². The fraction of sp³-hybridized carbons (Fsp3) is 0.500. The zero-order chi connectivity index (χ0) is 11.3. The van der Waals surface area contributed by atoms with Crippen LogP contribution in [0.15, 0.2) is 24.3 Å². The minimum absolute atomic E-state index is 0.316. The molecule has 0 radical (unpaired) electrons. The van der Waals surface area contributed by atoms with Crippen molar-refractivity contribution in [2.45, 2.75) is 13.5 Å². The molecule has 1 aromatic carbocycles. The first kappa shape index (κ1) is 12.0. The summed E-state index contributed by atoms with van der Waals surface area (Å²) in [7, 11) is 2.08. The van der Waals surface area contributed by atoms with Gasteiger partial charge in [-0.05, 0) is 37.2 Å². The van der Waals surface area contributed by atoms with Gasteiger partial charge in [-0.15, -0.1) is 0 Å². The van der Waals surface area contributed by atoms with Gasteiger partial charge >= 0.3 is 0 Å². The predicted molar refractivity (Wildman–Crippen MR) is 62.7 cm³/mol. The van der Waals surface area contributed by atoms with Gasteiger partial charge in [0.05, 0.1) is 0 Å². The molecule has 0 fully saturated rings. The van der Waals surface area contributed by atoms with Gasteiger partial charge in [0.15, 0.2) is 0 Å². The second-order valence-corrected chi connectivity index (χ2v) is 4.20. The van der Waals surface area contributed by atoms with Gasteiger partial charge in [-0.25, -0.2) is 0 Å². The maximum absolute atomic E-state index is 9.14. The van der Waals surface area contributed by atoms with Crippen LogP contribution in [0.4, 0.5) is 0 Å². The number of nitrogens with two attached hydrogens (primary N) is 1. The SMILES string of the molecule is CC(CN)CN(C)Cc1ccc(O)cc1. The Hall–Kier alpha value is -1.06. The van der Waals surface area contributed by atoms with Crippen molar-refractivity contribution in [2.24, 2.45) is 11.7 Å². The molecule has 1 rings (SSSR count). The molecule has 3 heteroatoms. The van der Waals surface area contributed by atoms with E-state index in [-0.39, 0.29) is 0 Å². The van der Waals surface area contributed by atoms with Gasteiger partial charge in [0, 0.05) is 13.1 Å². The summed E-state index contributed by atoms with van der Waals surface area (Å²) in [5.41, 5.74) is 6.78. The average molecular weight is 208 g/mol. The highest BCUT2D eigenvalue weighted by Crippen LogP contribution is 2.11. The van der Waals surface area contributed by atoms with Crippen molar-refractivity contribution in [2.75, 3.05) is 20.1 Å². The van der Waals surface area contributed by atoms with Crippen LogP contribution in [0.2, 0.25) is 0 Å². The van der Waals surface area contributed by atoms with Gasteiger partial charge in [-0.3, -0.25) is 0 Å². The third kappa shape index (κ3) is 4.32. The highest BCUT2D eigenvalue weighted by atomic mass is 16.3. The number of rotatable bonds is 5. The lowest BCUT2D eigenvalue weighted by Gasteiger charge is -2.20. The van der Waals surface area contributed by atoms with Gasteiger partial charge in [0.2, 0.25) is 0 Å². The van der Waals surface area contributed by atoms with Crippen molar-refractivity contribution < 1.29 is 5.11 Å². The standard InChI is InChI=1S/C12H20N2O/c1-10(7-13)8-14(2)9-11-3-5-12(15)6-4-11/h3-6,10,15H,7-9,13H2,1-2H3. The van der Waals surface area contributed by atoms with E-state index in [9.17, 15) is 0 Å². The molecule has 0 aliphatic carbocycles. The zero-order valence-corrected chi connectivity index (χ0v) is 9.48. The third-order valence-electron chi connectivity index (χ3n) is 2.41. The number of phenols is 1. The maximum atomic E-state index is 9.14. The quantitative estimate of drug-likeness (QED) is 0.769. The Morgan fingerprint density at radius 3 is 2.47 bits per heavy atom. The molecule has 1 unspecified atom stereocenters. The average Bonchev–Trinajstić information content (AvgIpc) is 2.21. The van der Waals surface area contributed by atoms with E-state index in [1.807, 2.05) is 12.1 Å². The summed E-state index contributed by atoms with van der Waals surface area (Å²) >= 11 is 0. The number of aromatic hydroxyl groups is 1. The van der Waals surface area contributed by atoms with E-state index in [0.717, 1.165) is 19.6 Å². The van der Waals surface area contributed by atoms with E-state index in [1.54, 1.807) is 12.1 Å². The fourth-order valence-electron chi connectivity index (χ4n) is 1.58.